The molecular weight excluding hydrogens is 783 g/mol. The largest absolute Gasteiger partial charge is 0.481 e. The van der Waals surface area contributed by atoms with Crippen molar-refractivity contribution in [1.29, 1.82) is 0 Å². The number of imidazole rings is 1. The van der Waals surface area contributed by atoms with Crippen molar-refractivity contribution in [2.24, 2.45) is 5.41 Å². The van der Waals surface area contributed by atoms with Gasteiger partial charge in [0.1, 0.15) is 36.3 Å². The third-order valence-electron chi connectivity index (χ3n) is 7.27. The van der Waals surface area contributed by atoms with Crippen LogP contribution < -0.4 is 16.4 Å². The highest BCUT2D eigenvalue weighted by atomic mass is 32.2. The molecule has 10 N–H and O–H groups in total. The van der Waals surface area contributed by atoms with Gasteiger partial charge in [-0.15, -0.1) is 0 Å². The highest BCUT2D eigenvalue weighted by molar-refractivity contribution is 7.94. The Hall–Kier alpha value is -2.15. The quantitative estimate of drug-likeness (QED) is 0.0425. The van der Waals surface area contributed by atoms with Crippen LogP contribution in [0.1, 0.15) is 34.1 Å². The number of nitrogens with one attached hydrogen (secondary N) is 2. The maximum Gasteiger partial charge on any atom is 0.481 e. The topological polar surface area (TPSA) is 356 Å². The van der Waals surface area contributed by atoms with E-state index in [1.165, 1.54) is 32.8 Å². The first-order chi connectivity index (χ1) is 24.0. The lowest BCUT2D eigenvalue weighted by atomic mass is 9.87. The Labute approximate surface area is 300 Å². The van der Waals surface area contributed by atoms with Gasteiger partial charge in [0.25, 0.3) is 0 Å². The Morgan fingerprint density at radius 3 is 2.44 bits per heavy atom. The van der Waals surface area contributed by atoms with E-state index < -0.39 is 78.1 Å². The minimum Gasteiger partial charge on any atom is -0.385 e. The molecule has 0 aliphatic carbocycles. The Morgan fingerprint density at radius 1 is 1.12 bits per heavy atom. The number of phosphoric ester groups is 3. The highest BCUT2D eigenvalue weighted by Crippen LogP contribution is 2.61. The number of hydrogen-bond donors (Lipinski definition) is 9. The fourth-order valence-electron chi connectivity index (χ4n) is 4.63. The maximum atomic E-state index is 12.7. The van der Waals surface area contributed by atoms with Crippen molar-refractivity contribution >= 4 is 64.3 Å². The number of carbonyl (C=O) groups is 2. The monoisotopic (exact) mass is 825 g/mol. The molecule has 2 amide bonds. The van der Waals surface area contributed by atoms with Crippen LogP contribution in [0.3, 0.4) is 0 Å². The summed E-state index contributed by atoms with van der Waals surface area (Å²) < 4.78 is 67.6. The first-order valence-corrected chi connectivity index (χ1v) is 20.6. The number of anilines is 1. The van der Waals surface area contributed by atoms with Gasteiger partial charge in [0, 0.05) is 30.7 Å². The molecule has 1 fully saturated rings. The molecule has 7 unspecified atom stereocenters. The number of nitrogen functional groups attached to an aromatic ring is 1. The molecule has 0 radical (unpaired) electrons. The number of aromatic nitrogens is 4. The van der Waals surface area contributed by atoms with Crippen LogP contribution in [0.25, 0.3) is 11.2 Å². The van der Waals surface area contributed by atoms with E-state index in [-0.39, 0.29) is 35.9 Å². The lowest BCUT2D eigenvalue weighted by Crippen LogP contribution is -2.46. The molecule has 24 nitrogen and oxygen atoms in total. The molecule has 1 aliphatic heterocycles. The van der Waals surface area contributed by atoms with E-state index >= 15 is 0 Å². The van der Waals surface area contributed by atoms with Crippen molar-refractivity contribution in [2.45, 2.75) is 64.3 Å². The third kappa shape index (κ3) is 12.2. The SMILES string of the molecule is CCOSCCNC(=O)CCNC(=O)C(O)C(C)(C)COP(=O)(O)OP(=O)(O)OCC1OC(C)(n2cnc3c(N)ncnc32)C(O)C1OP(=O)(O)O. The summed E-state index contributed by atoms with van der Waals surface area (Å²) in [4.78, 5) is 75.5. The second-order valence-corrected chi connectivity index (χ2v) is 17.0. The summed E-state index contributed by atoms with van der Waals surface area (Å²) in [5.41, 5.74) is 2.35. The van der Waals surface area contributed by atoms with E-state index in [1.807, 2.05) is 6.92 Å². The number of aliphatic hydroxyl groups excluding tert-OH is 2. The average molecular weight is 826 g/mol. The minimum atomic E-state index is -5.57. The van der Waals surface area contributed by atoms with Crippen LogP contribution >= 0.6 is 35.5 Å². The molecule has 28 heteroatoms. The van der Waals surface area contributed by atoms with E-state index in [9.17, 15) is 53.1 Å². The fraction of sp³-hybridized carbons (Fsp3) is 0.708. The van der Waals surface area contributed by atoms with Crippen molar-refractivity contribution in [3.8, 4) is 0 Å². The molecule has 2 aromatic heterocycles. The minimum absolute atomic E-state index is 0.0251. The number of aliphatic hydroxyl groups is 2. The van der Waals surface area contributed by atoms with Crippen molar-refractivity contribution in [3.63, 3.8) is 0 Å². The number of fused-ring (bicyclic) bond motifs is 1. The van der Waals surface area contributed by atoms with E-state index in [0.29, 0.717) is 18.9 Å². The predicted molar refractivity (Wildman–Crippen MR) is 178 cm³/mol. The second-order valence-electron chi connectivity index (χ2n) is 11.9. The Balaban J connectivity index is 1.58. The summed E-state index contributed by atoms with van der Waals surface area (Å²) in [7, 11) is -16.4. The maximum absolute atomic E-state index is 12.7. The molecule has 0 aromatic carbocycles. The van der Waals surface area contributed by atoms with E-state index in [4.69, 9.17) is 28.2 Å². The number of hydrogen-bond acceptors (Lipinski definition) is 18. The zero-order chi connectivity index (χ0) is 39.1. The Morgan fingerprint density at radius 2 is 1.79 bits per heavy atom. The molecule has 0 bridgehead atoms. The summed E-state index contributed by atoms with van der Waals surface area (Å²) in [6.45, 7) is 4.29. The van der Waals surface area contributed by atoms with Crippen LogP contribution in [0.2, 0.25) is 0 Å². The van der Waals surface area contributed by atoms with Crippen molar-refractivity contribution in [1.82, 2.24) is 30.2 Å². The summed E-state index contributed by atoms with van der Waals surface area (Å²) in [5.74, 6) is -0.847. The fourth-order valence-corrected chi connectivity index (χ4v) is 7.92. The predicted octanol–water partition coefficient (Wildman–Crippen LogP) is -0.736. The molecule has 296 valence electrons. The van der Waals surface area contributed by atoms with Crippen LogP contribution in [0.5, 0.6) is 0 Å². The summed E-state index contributed by atoms with van der Waals surface area (Å²) in [6, 6.07) is 0. The van der Waals surface area contributed by atoms with Gasteiger partial charge in [-0.3, -0.25) is 27.7 Å². The molecule has 1 aliphatic rings. The van der Waals surface area contributed by atoms with Gasteiger partial charge in [-0.25, -0.2) is 28.6 Å². The Bertz CT molecular complexity index is 1700. The number of ether oxygens (including phenoxy) is 1. The standard InChI is InChI=1S/C24H42N7O17P3S/c1-5-45-52-9-8-26-15(32)6-7-27-22(35)19(34)23(2,3)11-44-51(41,42)48-50(39,40)43-10-14-17(47-49(36,37)38)18(33)24(4,46-14)31-13-30-16-20(25)28-12-29-21(16)31/h12-14,17-19,33-34H,5-11H2,1-4H3,(H,26,32)(H,27,35)(H,39,40)(H,41,42)(H2,25,28,29)(H2,36,37,38). The van der Waals surface area contributed by atoms with Gasteiger partial charge in [0.05, 0.1) is 26.1 Å². The Kier molecular flexibility index (Phi) is 15.3. The van der Waals surface area contributed by atoms with Gasteiger partial charge in [-0.05, 0) is 25.9 Å². The summed E-state index contributed by atoms with van der Waals surface area (Å²) in [6.07, 6.45) is -5.36. The van der Waals surface area contributed by atoms with Crippen LogP contribution in [0.4, 0.5) is 5.82 Å². The molecule has 3 heterocycles. The van der Waals surface area contributed by atoms with Gasteiger partial charge in [0.15, 0.2) is 17.2 Å². The molecule has 7 atom stereocenters. The average Bonchev–Trinajstić information content (AvgIpc) is 3.58. The smallest absolute Gasteiger partial charge is 0.385 e. The number of nitrogens with two attached hydrogens (primary N) is 1. The van der Waals surface area contributed by atoms with Gasteiger partial charge in [-0.2, -0.15) is 4.31 Å². The van der Waals surface area contributed by atoms with Gasteiger partial charge in [0.2, 0.25) is 11.8 Å². The van der Waals surface area contributed by atoms with Crippen molar-refractivity contribution < 1.29 is 79.9 Å². The molecule has 52 heavy (non-hydrogen) atoms. The first kappa shape index (κ1) is 44.2. The van der Waals surface area contributed by atoms with Gasteiger partial charge < -0.3 is 55.1 Å². The number of rotatable bonds is 21. The number of amides is 2. The number of carbonyl (C=O) groups excluding carboxylic acids is 2. The second kappa shape index (κ2) is 18.0. The highest BCUT2D eigenvalue weighted by Gasteiger charge is 2.57. The normalized spacial score (nSPS) is 23.9. The van der Waals surface area contributed by atoms with Crippen molar-refractivity contribution in [2.75, 3.05) is 44.4 Å². The van der Waals surface area contributed by atoms with Crippen molar-refractivity contribution in [3.05, 3.63) is 12.7 Å². The molecule has 3 rings (SSSR count). The van der Waals surface area contributed by atoms with E-state index in [0.717, 1.165) is 17.2 Å². The molecule has 0 spiro atoms. The molecular formula is C24H42N7O17P3S. The van der Waals surface area contributed by atoms with Crippen LogP contribution in [0.15, 0.2) is 12.7 Å². The van der Waals surface area contributed by atoms with Crippen LogP contribution in [-0.4, -0.2) is 124 Å². The number of phosphoric acid groups is 3. The lowest BCUT2D eigenvalue weighted by Gasteiger charge is -2.30. The third-order valence-corrected chi connectivity index (χ3v) is 11.1. The number of nitrogens with zero attached hydrogens (tertiary/aromatic N) is 4. The van der Waals surface area contributed by atoms with Crippen LogP contribution in [0, 0.1) is 5.41 Å². The molecule has 1 saturated heterocycles. The van der Waals surface area contributed by atoms with Crippen LogP contribution in [-0.2, 0) is 55.8 Å². The molecule has 2 aromatic rings. The summed E-state index contributed by atoms with van der Waals surface area (Å²) >= 11 is 1.19. The zero-order valence-corrected chi connectivity index (χ0v) is 31.7. The molecule has 0 saturated carbocycles. The lowest BCUT2D eigenvalue weighted by molar-refractivity contribution is -0.137. The van der Waals surface area contributed by atoms with Gasteiger partial charge in [-0.1, -0.05) is 13.8 Å². The van der Waals surface area contributed by atoms with E-state index in [2.05, 4.69) is 29.9 Å². The zero-order valence-electron chi connectivity index (χ0n) is 28.2. The summed E-state index contributed by atoms with van der Waals surface area (Å²) in [5, 5.41) is 26.6. The van der Waals surface area contributed by atoms with E-state index in [1.54, 1.807) is 0 Å². The first-order valence-electron chi connectivity index (χ1n) is 15.2. The van der Waals surface area contributed by atoms with Gasteiger partial charge >= 0.3 is 23.5 Å².